The number of benzene rings is 2. The molecule has 194 valence electrons. The first-order valence-electron chi connectivity index (χ1n) is 12.5. The molecule has 0 aromatic heterocycles. The second-order valence-electron chi connectivity index (χ2n) is 9.95. The van der Waals surface area contributed by atoms with Gasteiger partial charge in [-0.3, -0.25) is 20.3 Å². The maximum atomic E-state index is 13.6. The number of nitrogens with one attached hydrogen (secondary N) is 2. The van der Waals surface area contributed by atoms with Crippen molar-refractivity contribution in [3.05, 3.63) is 65.7 Å². The highest BCUT2D eigenvalue weighted by atomic mass is 16.6. The van der Waals surface area contributed by atoms with Crippen molar-refractivity contribution in [3.63, 3.8) is 0 Å². The fourth-order valence-corrected chi connectivity index (χ4v) is 4.13. The van der Waals surface area contributed by atoms with Gasteiger partial charge in [0.25, 0.3) is 5.91 Å². The van der Waals surface area contributed by atoms with E-state index in [1.165, 1.54) is 5.01 Å². The summed E-state index contributed by atoms with van der Waals surface area (Å²) in [4.78, 5) is 39.4. The lowest BCUT2D eigenvalue weighted by atomic mass is 10.00. The van der Waals surface area contributed by atoms with Gasteiger partial charge in [0.05, 0.1) is 18.3 Å². The van der Waals surface area contributed by atoms with Crippen LogP contribution in [0.3, 0.4) is 0 Å². The number of hydrazine groups is 1. The number of para-hydroxylation sites is 1. The summed E-state index contributed by atoms with van der Waals surface area (Å²) in [7, 11) is 0. The molecular weight excluding hydrogens is 458 g/mol. The Morgan fingerprint density at radius 3 is 2.42 bits per heavy atom. The van der Waals surface area contributed by atoms with E-state index in [0.717, 1.165) is 16.8 Å². The van der Waals surface area contributed by atoms with E-state index in [4.69, 9.17) is 9.47 Å². The van der Waals surface area contributed by atoms with E-state index < -0.39 is 35.7 Å². The molecule has 8 nitrogen and oxygen atoms in total. The average Bonchev–Trinajstić information content (AvgIpc) is 2.84. The zero-order chi connectivity index (χ0) is 26.3. The first kappa shape index (κ1) is 27.2. The van der Waals surface area contributed by atoms with E-state index in [1.54, 1.807) is 34.6 Å². The van der Waals surface area contributed by atoms with Gasteiger partial charge in [0.1, 0.15) is 11.6 Å². The first-order valence-corrected chi connectivity index (χ1v) is 12.5. The van der Waals surface area contributed by atoms with Crippen molar-refractivity contribution in [2.45, 2.75) is 77.6 Å². The molecule has 1 aliphatic rings. The number of ether oxygens (including phenoxy) is 2. The maximum Gasteiger partial charge on any atom is 0.331 e. The molecule has 3 rings (SSSR count). The molecule has 0 fully saturated rings. The molecule has 0 spiro atoms. The van der Waals surface area contributed by atoms with Crippen molar-refractivity contribution in [2.24, 2.45) is 0 Å². The van der Waals surface area contributed by atoms with Crippen LogP contribution in [-0.4, -0.2) is 53.2 Å². The van der Waals surface area contributed by atoms with Crippen molar-refractivity contribution in [2.75, 3.05) is 12.0 Å². The Morgan fingerprint density at radius 1 is 1.08 bits per heavy atom. The minimum atomic E-state index is -0.846. The van der Waals surface area contributed by atoms with Crippen LogP contribution in [0.5, 0.6) is 0 Å². The number of carbonyl (C=O) groups excluding carboxylic acids is 3. The molecule has 2 unspecified atom stereocenters. The van der Waals surface area contributed by atoms with Gasteiger partial charge in [-0.1, -0.05) is 48.5 Å². The summed E-state index contributed by atoms with van der Waals surface area (Å²) < 4.78 is 10.9. The van der Waals surface area contributed by atoms with Gasteiger partial charge in [-0.15, -0.1) is 0 Å². The molecule has 2 aromatic rings. The fraction of sp³-hybridized carbons (Fsp3) is 0.464. The lowest BCUT2D eigenvalue weighted by Crippen LogP contribution is -2.59. The quantitative estimate of drug-likeness (QED) is 0.513. The van der Waals surface area contributed by atoms with E-state index in [2.05, 4.69) is 10.7 Å². The molecule has 0 aliphatic carbocycles. The Kier molecular flexibility index (Phi) is 9.09. The Morgan fingerprint density at radius 2 is 1.75 bits per heavy atom. The molecule has 0 saturated heterocycles. The van der Waals surface area contributed by atoms with Crippen LogP contribution in [-0.2, 0) is 36.7 Å². The van der Waals surface area contributed by atoms with Gasteiger partial charge in [0, 0.05) is 6.42 Å². The number of amides is 1. The number of esters is 2. The minimum absolute atomic E-state index is 0.246. The first-order chi connectivity index (χ1) is 17.1. The van der Waals surface area contributed by atoms with Gasteiger partial charge in [-0.2, -0.15) is 0 Å². The number of anilines is 1. The summed E-state index contributed by atoms with van der Waals surface area (Å²) in [5, 5.41) is 4.47. The number of hydrogen-bond acceptors (Lipinski definition) is 7. The summed E-state index contributed by atoms with van der Waals surface area (Å²) in [6, 6.07) is 15.1. The third kappa shape index (κ3) is 7.31. The second-order valence-corrected chi connectivity index (χ2v) is 9.95. The van der Waals surface area contributed by atoms with Gasteiger partial charge in [0.2, 0.25) is 0 Å². The molecule has 2 aromatic carbocycles. The molecule has 0 radical (unpaired) electrons. The second kappa shape index (κ2) is 12.0. The van der Waals surface area contributed by atoms with Crippen molar-refractivity contribution >= 4 is 23.5 Å². The van der Waals surface area contributed by atoms with Crippen molar-refractivity contribution in [1.29, 1.82) is 0 Å². The lowest BCUT2D eigenvalue weighted by molar-refractivity contribution is -0.164. The van der Waals surface area contributed by atoms with Crippen LogP contribution in [0.1, 0.15) is 52.2 Å². The van der Waals surface area contributed by atoms with Crippen LogP contribution in [0.25, 0.3) is 0 Å². The van der Waals surface area contributed by atoms with Gasteiger partial charge < -0.3 is 9.47 Å². The minimum Gasteiger partial charge on any atom is -0.465 e. The molecular formula is C28H37N3O5. The number of nitrogens with zero attached hydrogens (tertiary/aromatic N) is 1. The highest BCUT2D eigenvalue weighted by Gasteiger charge is 2.39. The standard InChI is InChI=1S/C28H37N3O5/c1-6-35-26(33)23(17-16-20-12-8-7-9-13-20)29-19(2)25(32)31-24(27(34)36-28(3,4)5)18-21-14-10-11-15-22(21)30-31/h7-15,19,23-24,29-30H,6,16-18H2,1-5H3/t19-,23?,24?/m1/s1. The number of hydrogen-bond donors (Lipinski definition) is 2. The largest absolute Gasteiger partial charge is 0.465 e. The van der Waals surface area contributed by atoms with E-state index in [9.17, 15) is 14.4 Å². The number of carbonyl (C=O) groups is 3. The van der Waals surface area contributed by atoms with Crippen LogP contribution in [0.4, 0.5) is 5.69 Å². The zero-order valence-corrected chi connectivity index (χ0v) is 21.7. The predicted octanol–water partition coefficient (Wildman–Crippen LogP) is 3.65. The van der Waals surface area contributed by atoms with Gasteiger partial charge >= 0.3 is 11.9 Å². The number of fused-ring (bicyclic) bond motifs is 1. The van der Waals surface area contributed by atoms with Crippen LogP contribution in [0.2, 0.25) is 0 Å². The predicted molar refractivity (Wildman–Crippen MR) is 138 cm³/mol. The Balaban J connectivity index is 1.78. The van der Waals surface area contributed by atoms with E-state index in [0.29, 0.717) is 19.3 Å². The SMILES string of the molecule is CCOC(=O)C(CCc1ccccc1)N[C@H](C)C(=O)N1Nc2ccccc2CC1C(=O)OC(C)(C)C. The Hall–Kier alpha value is -3.39. The number of aryl methyl sites for hydroxylation is 1. The number of rotatable bonds is 9. The van der Waals surface area contributed by atoms with E-state index in [-0.39, 0.29) is 12.5 Å². The smallest absolute Gasteiger partial charge is 0.331 e. The van der Waals surface area contributed by atoms with E-state index in [1.807, 2.05) is 54.6 Å². The van der Waals surface area contributed by atoms with Crippen LogP contribution < -0.4 is 10.7 Å². The Labute approximate surface area is 213 Å². The normalized spacial score (nSPS) is 16.8. The highest BCUT2D eigenvalue weighted by molar-refractivity contribution is 5.90. The van der Waals surface area contributed by atoms with Gasteiger partial charge in [-0.25, -0.2) is 9.80 Å². The topological polar surface area (TPSA) is 97.0 Å². The third-order valence-corrected chi connectivity index (χ3v) is 5.86. The third-order valence-electron chi connectivity index (χ3n) is 5.86. The Bertz CT molecular complexity index is 1050. The van der Waals surface area contributed by atoms with Crippen molar-refractivity contribution in [1.82, 2.24) is 10.3 Å². The molecule has 0 bridgehead atoms. The van der Waals surface area contributed by atoms with Crippen molar-refractivity contribution < 1.29 is 23.9 Å². The molecule has 1 amide bonds. The molecule has 3 atom stereocenters. The zero-order valence-electron chi connectivity index (χ0n) is 21.7. The summed E-state index contributed by atoms with van der Waals surface area (Å²) >= 11 is 0. The van der Waals surface area contributed by atoms with Crippen molar-refractivity contribution in [3.8, 4) is 0 Å². The monoisotopic (exact) mass is 495 g/mol. The van der Waals surface area contributed by atoms with Crippen LogP contribution in [0, 0.1) is 0 Å². The van der Waals surface area contributed by atoms with Gasteiger partial charge in [-0.05, 0) is 64.7 Å². The fourth-order valence-electron chi connectivity index (χ4n) is 4.13. The summed E-state index contributed by atoms with van der Waals surface area (Å²) in [5.41, 5.74) is 5.18. The molecule has 0 saturated carbocycles. The lowest BCUT2D eigenvalue weighted by Gasteiger charge is -2.39. The molecule has 36 heavy (non-hydrogen) atoms. The maximum absolute atomic E-state index is 13.6. The van der Waals surface area contributed by atoms with Gasteiger partial charge in [0.15, 0.2) is 6.04 Å². The highest BCUT2D eigenvalue weighted by Crippen LogP contribution is 2.27. The van der Waals surface area contributed by atoms with E-state index >= 15 is 0 Å². The molecule has 1 aliphatic heterocycles. The summed E-state index contributed by atoms with van der Waals surface area (Å²) in [5.74, 6) is -1.26. The molecule has 2 N–H and O–H groups in total. The summed E-state index contributed by atoms with van der Waals surface area (Å²) in [6.07, 6.45) is 1.44. The summed E-state index contributed by atoms with van der Waals surface area (Å²) in [6.45, 7) is 9.06. The molecule has 1 heterocycles. The van der Waals surface area contributed by atoms with Crippen LogP contribution >= 0.6 is 0 Å². The average molecular weight is 496 g/mol. The van der Waals surface area contributed by atoms with Crippen LogP contribution in [0.15, 0.2) is 54.6 Å². The molecule has 8 heteroatoms.